The van der Waals surface area contributed by atoms with Crippen LogP contribution in [0.2, 0.25) is 0 Å². The Morgan fingerprint density at radius 2 is 2.21 bits per heavy atom. The highest BCUT2D eigenvalue weighted by atomic mass is 32.2. The van der Waals surface area contributed by atoms with Gasteiger partial charge in [0.1, 0.15) is 10.6 Å². The van der Waals surface area contributed by atoms with Gasteiger partial charge in [0, 0.05) is 19.1 Å². The predicted octanol–water partition coefficient (Wildman–Crippen LogP) is 0.559. The van der Waals surface area contributed by atoms with Gasteiger partial charge in [0.15, 0.2) is 5.76 Å². The van der Waals surface area contributed by atoms with Gasteiger partial charge < -0.3 is 14.7 Å². The van der Waals surface area contributed by atoms with Crippen molar-refractivity contribution in [3.05, 3.63) is 11.5 Å². The van der Waals surface area contributed by atoms with Gasteiger partial charge in [-0.05, 0) is 40.2 Å². The summed E-state index contributed by atoms with van der Waals surface area (Å²) in [4.78, 5) is 14.6. The number of hydrogen-bond donors (Lipinski definition) is 2. The molecule has 1 fully saturated rings. The summed E-state index contributed by atoms with van der Waals surface area (Å²) in [6, 6.07) is -0.737. The molecule has 9 heteroatoms. The molecule has 1 aromatic heterocycles. The molecule has 0 radical (unpaired) electrons. The van der Waals surface area contributed by atoms with Crippen molar-refractivity contribution in [1.82, 2.24) is 20.1 Å². The highest BCUT2D eigenvalue weighted by Crippen LogP contribution is 2.19. The molecule has 0 bridgehead atoms. The van der Waals surface area contributed by atoms with E-state index in [0.717, 1.165) is 25.9 Å². The number of sulfonamides is 1. The van der Waals surface area contributed by atoms with E-state index in [2.05, 4.69) is 15.2 Å². The van der Waals surface area contributed by atoms with Crippen LogP contribution in [0.1, 0.15) is 38.1 Å². The molecule has 2 heterocycles. The maximum absolute atomic E-state index is 12.8. The van der Waals surface area contributed by atoms with E-state index in [1.54, 1.807) is 18.7 Å². The van der Waals surface area contributed by atoms with Crippen LogP contribution in [-0.2, 0) is 14.8 Å². The maximum Gasteiger partial charge on any atom is 0.246 e. The molecule has 0 aromatic carbocycles. The number of carbonyl (C=O) groups is 1. The Kier molecular flexibility index (Phi) is 6.00. The molecule has 0 spiro atoms. The van der Waals surface area contributed by atoms with Crippen LogP contribution in [0.4, 0.5) is 0 Å². The molecule has 2 N–H and O–H groups in total. The van der Waals surface area contributed by atoms with Crippen LogP contribution in [0.5, 0.6) is 0 Å². The van der Waals surface area contributed by atoms with Gasteiger partial charge >= 0.3 is 0 Å². The van der Waals surface area contributed by atoms with E-state index >= 15 is 0 Å². The van der Waals surface area contributed by atoms with Crippen LogP contribution in [0, 0.1) is 13.8 Å². The summed E-state index contributed by atoms with van der Waals surface area (Å²) in [5.74, 6) is 0.00550. The number of aryl methyl sites for hydroxylation is 2. The van der Waals surface area contributed by atoms with Gasteiger partial charge in [-0.1, -0.05) is 12.1 Å². The van der Waals surface area contributed by atoms with Crippen molar-refractivity contribution in [2.75, 3.05) is 19.6 Å². The lowest BCUT2D eigenvalue weighted by Crippen LogP contribution is -2.51. The molecule has 136 valence electrons. The largest absolute Gasteiger partial charge is 0.360 e. The highest BCUT2D eigenvalue weighted by Gasteiger charge is 2.33. The number of carbonyl (C=O) groups excluding carboxylic acids is 1. The first kappa shape index (κ1) is 18.9. The van der Waals surface area contributed by atoms with E-state index in [9.17, 15) is 13.2 Å². The zero-order valence-corrected chi connectivity index (χ0v) is 15.4. The Balaban J connectivity index is 2.14. The standard InChI is InChI=1S/C15H26N4O4S/c1-5-8-19(13-6-7-16-9-13)15(20)11(3)18-24(21,22)14-10(2)17-23-12(14)4/h11,13,16,18H,5-9H2,1-4H3. The quantitative estimate of drug-likeness (QED) is 0.738. The minimum Gasteiger partial charge on any atom is -0.360 e. The second-order valence-electron chi connectivity index (χ2n) is 6.17. The summed E-state index contributed by atoms with van der Waals surface area (Å²) in [7, 11) is -3.86. The normalized spacial score (nSPS) is 19.4. The van der Waals surface area contributed by atoms with Crippen LogP contribution in [0.3, 0.4) is 0 Å². The monoisotopic (exact) mass is 358 g/mol. The molecular formula is C15H26N4O4S. The lowest BCUT2D eigenvalue weighted by molar-refractivity contribution is -0.134. The fraction of sp³-hybridized carbons (Fsp3) is 0.733. The molecule has 1 aliphatic rings. The Morgan fingerprint density at radius 1 is 1.50 bits per heavy atom. The predicted molar refractivity (Wildman–Crippen MR) is 89.0 cm³/mol. The minimum absolute atomic E-state index is 0.00623. The van der Waals surface area contributed by atoms with Crippen molar-refractivity contribution in [2.45, 2.75) is 57.5 Å². The molecule has 1 saturated heterocycles. The second kappa shape index (κ2) is 7.62. The fourth-order valence-electron chi connectivity index (χ4n) is 3.07. The summed E-state index contributed by atoms with van der Waals surface area (Å²) in [5, 5.41) is 6.90. The third-order valence-electron chi connectivity index (χ3n) is 4.16. The van der Waals surface area contributed by atoms with Gasteiger partial charge in [-0.25, -0.2) is 8.42 Å². The third kappa shape index (κ3) is 3.96. The Labute approximate surface area is 143 Å². The molecule has 1 aromatic rings. The van der Waals surface area contributed by atoms with Crippen LogP contribution >= 0.6 is 0 Å². The van der Waals surface area contributed by atoms with E-state index in [1.807, 2.05) is 6.92 Å². The van der Waals surface area contributed by atoms with Gasteiger partial charge in [0.05, 0.1) is 6.04 Å². The average molecular weight is 358 g/mol. The van der Waals surface area contributed by atoms with Crippen LogP contribution < -0.4 is 10.0 Å². The molecule has 0 aliphatic carbocycles. The topological polar surface area (TPSA) is 105 Å². The van der Waals surface area contributed by atoms with Crippen molar-refractivity contribution in [3.63, 3.8) is 0 Å². The first-order valence-corrected chi connectivity index (χ1v) is 9.72. The summed E-state index contributed by atoms with van der Waals surface area (Å²) in [6.07, 6.45) is 1.71. The van der Waals surface area contributed by atoms with Gasteiger partial charge in [-0.3, -0.25) is 4.79 Å². The maximum atomic E-state index is 12.8. The Morgan fingerprint density at radius 3 is 2.71 bits per heavy atom. The van der Waals surface area contributed by atoms with E-state index in [1.165, 1.54) is 6.92 Å². The number of amides is 1. The van der Waals surface area contributed by atoms with Gasteiger partial charge in [-0.15, -0.1) is 0 Å². The molecule has 24 heavy (non-hydrogen) atoms. The zero-order chi connectivity index (χ0) is 17.9. The summed E-state index contributed by atoms with van der Waals surface area (Å²) in [6.45, 7) is 8.90. The number of aromatic nitrogens is 1. The van der Waals surface area contributed by atoms with Crippen molar-refractivity contribution in [1.29, 1.82) is 0 Å². The van der Waals surface area contributed by atoms with Gasteiger partial charge in [-0.2, -0.15) is 4.72 Å². The van der Waals surface area contributed by atoms with Gasteiger partial charge in [0.2, 0.25) is 15.9 Å². The van der Waals surface area contributed by atoms with Crippen molar-refractivity contribution < 1.29 is 17.7 Å². The Bertz CT molecular complexity index is 660. The Hall–Kier alpha value is -1.45. The number of hydrogen-bond acceptors (Lipinski definition) is 6. The smallest absolute Gasteiger partial charge is 0.246 e. The zero-order valence-electron chi connectivity index (χ0n) is 14.6. The minimum atomic E-state index is -3.86. The number of rotatable bonds is 7. The molecule has 2 unspecified atom stereocenters. The number of nitrogens with one attached hydrogen (secondary N) is 2. The van der Waals surface area contributed by atoms with E-state index < -0.39 is 16.1 Å². The van der Waals surface area contributed by atoms with Crippen molar-refractivity contribution >= 4 is 15.9 Å². The van der Waals surface area contributed by atoms with Gasteiger partial charge in [0.25, 0.3) is 0 Å². The number of nitrogens with zero attached hydrogens (tertiary/aromatic N) is 2. The summed E-state index contributed by atoms with van der Waals surface area (Å²) < 4.78 is 32.5. The molecule has 0 saturated carbocycles. The molecular weight excluding hydrogens is 332 g/mol. The molecule has 2 atom stereocenters. The van der Waals surface area contributed by atoms with E-state index in [0.29, 0.717) is 6.54 Å². The second-order valence-corrected chi connectivity index (χ2v) is 7.83. The lowest BCUT2D eigenvalue weighted by atomic mass is 10.1. The van der Waals surface area contributed by atoms with Crippen LogP contribution in [0.15, 0.2) is 9.42 Å². The first-order chi connectivity index (χ1) is 11.3. The first-order valence-electron chi connectivity index (χ1n) is 8.24. The fourth-order valence-corrected chi connectivity index (χ4v) is 4.59. The third-order valence-corrected chi connectivity index (χ3v) is 5.95. The lowest BCUT2D eigenvalue weighted by Gasteiger charge is -2.30. The molecule has 8 nitrogen and oxygen atoms in total. The summed E-state index contributed by atoms with van der Waals surface area (Å²) in [5.41, 5.74) is 0.282. The van der Waals surface area contributed by atoms with Crippen molar-refractivity contribution in [3.8, 4) is 0 Å². The summed E-state index contributed by atoms with van der Waals surface area (Å²) >= 11 is 0. The molecule has 1 amide bonds. The molecule has 2 rings (SSSR count). The highest BCUT2D eigenvalue weighted by molar-refractivity contribution is 7.89. The SMILES string of the molecule is CCCN(C(=O)C(C)NS(=O)(=O)c1c(C)noc1C)C1CCNC1. The van der Waals surface area contributed by atoms with E-state index in [-0.39, 0.29) is 28.3 Å². The van der Waals surface area contributed by atoms with Crippen LogP contribution in [0.25, 0.3) is 0 Å². The molecule has 1 aliphatic heterocycles. The van der Waals surface area contributed by atoms with Crippen LogP contribution in [-0.4, -0.2) is 56.1 Å². The average Bonchev–Trinajstić information content (AvgIpc) is 3.13. The van der Waals surface area contributed by atoms with Crippen molar-refractivity contribution in [2.24, 2.45) is 0 Å². The van der Waals surface area contributed by atoms with E-state index in [4.69, 9.17) is 4.52 Å².